The summed E-state index contributed by atoms with van der Waals surface area (Å²) in [7, 11) is -4.42. The van der Waals surface area contributed by atoms with Crippen molar-refractivity contribution < 1.29 is 62.6 Å². The van der Waals surface area contributed by atoms with Gasteiger partial charge in [-0.3, -0.25) is 4.79 Å². The normalized spacial score (nSPS) is 45.0. The molecule has 4 saturated carbocycles. The van der Waals surface area contributed by atoms with E-state index in [4.69, 9.17) is 0 Å². The van der Waals surface area contributed by atoms with Gasteiger partial charge in [0, 0.05) is 13.0 Å². The monoisotopic (exact) mass is 551 g/mol. The van der Waals surface area contributed by atoms with Gasteiger partial charge in [0.25, 0.3) is 0 Å². The average molecular weight is 552 g/mol. The third-order valence-electron chi connectivity index (χ3n) is 11.4. The number of carbonyl (C=O) groups is 1. The van der Waals surface area contributed by atoms with Crippen molar-refractivity contribution in [2.75, 3.05) is 6.54 Å². The molecule has 4 fully saturated rings. The van der Waals surface area contributed by atoms with Gasteiger partial charge in [0.1, 0.15) is 0 Å². The minimum absolute atomic E-state index is 0. The van der Waals surface area contributed by atoms with Crippen molar-refractivity contribution in [3.8, 4) is 0 Å². The predicted molar refractivity (Wildman–Crippen MR) is 135 cm³/mol. The van der Waals surface area contributed by atoms with Crippen molar-refractivity contribution in [3.63, 3.8) is 0 Å². The van der Waals surface area contributed by atoms with E-state index in [9.17, 15) is 33.1 Å². The van der Waals surface area contributed by atoms with E-state index in [1.54, 1.807) is 0 Å². The molecule has 1 amide bonds. The Labute approximate surface area is 244 Å². The molecule has 0 aromatic heterocycles. The van der Waals surface area contributed by atoms with Crippen molar-refractivity contribution in [2.24, 2.45) is 46.3 Å². The number of hydrogen-bond acceptors (Lipinski definition) is 7. The molecule has 37 heavy (non-hydrogen) atoms. The second kappa shape index (κ2) is 11.6. The zero-order valence-electron chi connectivity index (χ0n) is 23.2. The Hall–Kier alpha value is 0.260. The van der Waals surface area contributed by atoms with E-state index in [2.05, 4.69) is 26.1 Å². The van der Waals surface area contributed by atoms with Crippen LogP contribution in [0.25, 0.3) is 0 Å². The van der Waals surface area contributed by atoms with Crippen LogP contribution in [0.5, 0.6) is 0 Å². The summed E-state index contributed by atoms with van der Waals surface area (Å²) in [5.41, 5.74) is -0.275. The molecule has 12 atom stereocenters. The molecule has 10 heteroatoms. The van der Waals surface area contributed by atoms with Crippen molar-refractivity contribution in [2.45, 2.75) is 109 Å². The first kappa shape index (κ1) is 31.8. The molecule has 208 valence electrons. The molecular weight excluding hydrogens is 505 g/mol. The van der Waals surface area contributed by atoms with Gasteiger partial charge in [-0.05, 0) is 105 Å². The number of fused-ring (bicyclic) bond motifs is 5. The Kier molecular flexibility index (Phi) is 9.99. The fourth-order valence-electron chi connectivity index (χ4n) is 9.14. The topological polar surface area (TPSA) is 147 Å². The zero-order valence-corrected chi connectivity index (χ0v) is 26.0. The van der Waals surface area contributed by atoms with Crippen molar-refractivity contribution >= 4 is 16.0 Å². The maximum atomic E-state index is 12.3. The number of amides is 1. The first-order valence-corrected chi connectivity index (χ1v) is 15.4. The maximum Gasteiger partial charge on any atom is 1.00 e. The van der Waals surface area contributed by atoms with Gasteiger partial charge < -0.3 is 25.2 Å². The summed E-state index contributed by atoms with van der Waals surface area (Å²) < 4.78 is 33.2. The van der Waals surface area contributed by atoms with Gasteiger partial charge in [-0.15, -0.1) is 0 Å². The number of aliphatic hydroxyl groups excluding tert-OH is 3. The minimum atomic E-state index is -4.42. The number of hydrogen-bond donors (Lipinski definition) is 4. The zero-order chi connectivity index (χ0) is 26.6. The van der Waals surface area contributed by atoms with Gasteiger partial charge in [0.2, 0.25) is 5.91 Å². The smallest absolute Gasteiger partial charge is 0.748 e. The Morgan fingerprint density at radius 1 is 1.05 bits per heavy atom. The van der Waals surface area contributed by atoms with E-state index in [0.717, 1.165) is 38.5 Å². The van der Waals surface area contributed by atoms with Crippen LogP contribution >= 0.6 is 0 Å². The van der Waals surface area contributed by atoms with Crippen LogP contribution in [0.4, 0.5) is 0 Å². The first-order valence-electron chi connectivity index (χ1n) is 13.9. The number of rotatable bonds is 7. The molecule has 5 unspecified atom stereocenters. The predicted octanol–water partition coefficient (Wildman–Crippen LogP) is -0.582. The van der Waals surface area contributed by atoms with Crippen molar-refractivity contribution in [3.05, 3.63) is 0 Å². The summed E-state index contributed by atoms with van der Waals surface area (Å²) in [6.45, 7) is 7.76. The number of nitrogens with one attached hydrogen (secondary N) is 1. The Morgan fingerprint density at radius 2 is 1.73 bits per heavy atom. The Morgan fingerprint density at radius 3 is 2.38 bits per heavy atom. The fraction of sp³-hybridized carbons (Fsp3) is 0.963. The standard InChI is InChI=1S/C27H47NO7S.Na/c1-15(5-8-24(32)28-14-16(2)36(33,34)35)19-6-7-20-25-21(13-23(31)27(19,20)4)26(3)10-9-18(29)11-17(26)12-22(25)30;/h15-23,25,29-31H,5-14H2,1-4H3,(H,28,32)(H,33,34,35);/q;+1/p-1/t15-,16?,17?,18-,19-,20?,21?,22-,23+,25?,26+,27-;/m1./s1. The Balaban J connectivity index is 0.00000380. The quantitative estimate of drug-likeness (QED) is 0.244. The van der Waals surface area contributed by atoms with Crippen LogP contribution in [0.3, 0.4) is 0 Å². The van der Waals surface area contributed by atoms with Crippen molar-refractivity contribution in [1.82, 2.24) is 5.32 Å². The van der Waals surface area contributed by atoms with E-state index in [-0.39, 0.29) is 95.0 Å². The summed E-state index contributed by atoms with van der Waals surface area (Å²) in [6, 6.07) is 0. The summed E-state index contributed by atoms with van der Waals surface area (Å²) >= 11 is 0. The SMILES string of the molecule is CC(CNC(=O)CC[C@@H](C)[C@H]1CCC2C3C(C[C@H](O)[C@@]21C)[C@@]1(C)CC[C@@H](O)CC1C[C@H]3O)S(=O)(=O)[O-].[Na+]. The average Bonchev–Trinajstić information content (AvgIpc) is 3.15. The molecule has 4 aliphatic rings. The molecule has 0 saturated heterocycles. The molecule has 0 bridgehead atoms. The molecule has 0 aromatic carbocycles. The largest absolute Gasteiger partial charge is 1.00 e. The molecule has 4 N–H and O–H groups in total. The van der Waals surface area contributed by atoms with Crippen LogP contribution in [0.1, 0.15) is 85.5 Å². The van der Waals surface area contributed by atoms with Crippen molar-refractivity contribution in [1.29, 1.82) is 0 Å². The van der Waals surface area contributed by atoms with E-state index < -0.39 is 27.6 Å². The van der Waals surface area contributed by atoms with Crippen LogP contribution in [-0.2, 0) is 14.9 Å². The molecule has 8 nitrogen and oxygen atoms in total. The van der Waals surface area contributed by atoms with Gasteiger partial charge in [-0.1, -0.05) is 20.8 Å². The molecule has 0 spiro atoms. The van der Waals surface area contributed by atoms with E-state index in [1.807, 2.05) is 0 Å². The molecule has 0 aromatic rings. The third kappa shape index (κ3) is 5.85. The summed E-state index contributed by atoms with van der Waals surface area (Å²) in [6.07, 6.45) is 5.54. The van der Waals surface area contributed by atoms with E-state index in [1.165, 1.54) is 6.92 Å². The summed E-state index contributed by atoms with van der Waals surface area (Å²) in [5, 5.41) is 34.7. The minimum Gasteiger partial charge on any atom is -0.748 e. The van der Waals surface area contributed by atoms with Crippen LogP contribution in [0, 0.1) is 46.3 Å². The van der Waals surface area contributed by atoms with E-state index in [0.29, 0.717) is 18.8 Å². The molecule has 4 aliphatic carbocycles. The molecule has 0 radical (unpaired) electrons. The van der Waals surface area contributed by atoms with Crippen LogP contribution in [0.15, 0.2) is 0 Å². The van der Waals surface area contributed by atoms with Crippen LogP contribution in [-0.4, -0.2) is 64.3 Å². The van der Waals surface area contributed by atoms with Gasteiger partial charge in [0.15, 0.2) is 0 Å². The Bertz CT molecular complexity index is 934. The number of aliphatic hydroxyl groups is 3. The second-order valence-electron chi connectivity index (χ2n) is 13.1. The van der Waals surface area contributed by atoms with Crippen LogP contribution in [0.2, 0.25) is 0 Å². The molecule has 4 rings (SSSR count). The van der Waals surface area contributed by atoms with Crippen LogP contribution < -0.4 is 34.9 Å². The van der Waals surface area contributed by atoms with Gasteiger partial charge in [-0.25, -0.2) is 8.42 Å². The summed E-state index contributed by atoms with van der Waals surface area (Å²) in [4.78, 5) is 12.3. The second-order valence-corrected chi connectivity index (χ2v) is 14.9. The van der Waals surface area contributed by atoms with Gasteiger partial charge >= 0.3 is 29.6 Å². The summed E-state index contributed by atoms with van der Waals surface area (Å²) in [5.74, 6) is 1.10. The molecular formula is C27H46NNaO7S. The third-order valence-corrected chi connectivity index (χ3v) is 12.6. The fourth-order valence-corrected chi connectivity index (χ4v) is 9.43. The van der Waals surface area contributed by atoms with E-state index >= 15 is 0 Å². The van der Waals surface area contributed by atoms with Gasteiger partial charge in [-0.2, -0.15) is 0 Å². The van der Waals surface area contributed by atoms with Gasteiger partial charge in [0.05, 0.1) is 33.7 Å². The molecule has 0 heterocycles. The molecule has 0 aliphatic heterocycles. The first-order chi connectivity index (χ1) is 16.7. The number of carbonyl (C=O) groups excluding carboxylic acids is 1. The maximum absolute atomic E-state index is 12.3.